The number of carboxylic acids is 1. The number of thioether (sulfide) groups is 1. The standard InChI is InChI=1S/C33H54N7O20P3S/c1-33(2,28(47)31(48)36-12-11-22(42)35-13-14-64-24(45)10-8-6-4-3-5-7-9-20(41)15-23(43)44)17-57-63(54,55)60-62(52,53)56-16-21-27(59-61(49,50)51)26(46)32(58-21)40-19-39-25-29(34)37-18-38-30(25)40/h15,18-19,21,26-28,32,41,46-47H,3-14,16-17H2,1-2H3,(H,35,42)(H,36,48)(H,43,44)(H,52,53)(H,54,55)(H2,34,37,38)(H2,49,50,51)/b20-15-. The molecule has 362 valence electrons. The van der Waals surface area contributed by atoms with Crippen LogP contribution in [0, 0.1) is 5.41 Å². The van der Waals surface area contributed by atoms with E-state index in [1.165, 1.54) is 13.8 Å². The molecule has 31 heteroatoms. The van der Waals surface area contributed by atoms with Crippen molar-refractivity contribution in [3.63, 3.8) is 0 Å². The van der Waals surface area contributed by atoms with Crippen LogP contribution in [0.25, 0.3) is 11.2 Å². The van der Waals surface area contributed by atoms with Gasteiger partial charge in [-0.2, -0.15) is 4.31 Å². The molecule has 7 atom stereocenters. The van der Waals surface area contributed by atoms with Crippen molar-refractivity contribution in [1.29, 1.82) is 0 Å². The molecule has 1 fully saturated rings. The van der Waals surface area contributed by atoms with E-state index in [1.54, 1.807) is 0 Å². The summed E-state index contributed by atoms with van der Waals surface area (Å²) in [4.78, 5) is 98.5. The minimum absolute atomic E-state index is 0.0217. The lowest BCUT2D eigenvalue weighted by molar-refractivity contribution is -0.137. The fourth-order valence-corrected chi connectivity index (χ4v) is 9.41. The van der Waals surface area contributed by atoms with Gasteiger partial charge in [0.15, 0.2) is 22.8 Å². The Bertz CT molecular complexity index is 2090. The molecule has 12 N–H and O–H groups in total. The number of carboxylic acid groups (broad SMARTS) is 1. The number of aliphatic carboxylic acids is 1. The van der Waals surface area contributed by atoms with Gasteiger partial charge in [0, 0.05) is 43.5 Å². The topological polar surface area (TPSA) is 421 Å². The van der Waals surface area contributed by atoms with E-state index in [1.807, 2.05) is 0 Å². The summed E-state index contributed by atoms with van der Waals surface area (Å²) in [6.07, 6.45) is -0.796. The van der Waals surface area contributed by atoms with Crippen molar-refractivity contribution < 1.29 is 95.5 Å². The van der Waals surface area contributed by atoms with Crippen LogP contribution in [0.2, 0.25) is 0 Å². The number of unbranched alkanes of at least 4 members (excludes halogenated alkanes) is 5. The number of ether oxygens (including phenoxy) is 1. The monoisotopic (exact) mass is 993 g/mol. The van der Waals surface area contributed by atoms with Crippen LogP contribution in [0.5, 0.6) is 0 Å². The number of anilines is 1. The van der Waals surface area contributed by atoms with Crippen molar-refractivity contribution in [2.75, 3.05) is 37.8 Å². The molecule has 1 aliphatic heterocycles. The maximum atomic E-state index is 12.7. The van der Waals surface area contributed by atoms with Crippen LogP contribution in [0.4, 0.5) is 5.82 Å². The molecule has 64 heavy (non-hydrogen) atoms. The van der Waals surface area contributed by atoms with Gasteiger partial charge in [-0.15, -0.1) is 0 Å². The third-order valence-corrected chi connectivity index (χ3v) is 13.2. The van der Waals surface area contributed by atoms with Gasteiger partial charge in [0.25, 0.3) is 0 Å². The van der Waals surface area contributed by atoms with Crippen molar-refractivity contribution in [3.05, 3.63) is 24.5 Å². The van der Waals surface area contributed by atoms with E-state index in [2.05, 4.69) is 34.4 Å². The molecule has 1 saturated heterocycles. The van der Waals surface area contributed by atoms with Crippen molar-refractivity contribution in [3.8, 4) is 0 Å². The van der Waals surface area contributed by atoms with Crippen LogP contribution in [0.3, 0.4) is 0 Å². The molecule has 2 amide bonds. The Morgan fingerprint density at radius 1 is 0.938 bits per heavy atom. The fourth-order valence-electron chi connectivity index (χ4n) is 5.86. The zero-order valence-electron chi connectivity index (χ0n) is 34.6. The minimum atomic E-state index is -5.59. The predicted molar refractivity (Wildman–Crippen MR) is 222 cm³/mol. The first-order chi connectivity index (χ1) is 29.8. The van der Waals surface area contributed by atoms with Crippen LogP contribution in [0.1, 0.15) is 77.9 Å². The molecule has 2 aromatic heterocycles. The lowest BCUT2D eigenvalue weighted by Crippen LogP contribution is -2.46. The number of allylic oxidation sites excluding steroid dienone is 1. The van der Waals surface area contributed by atoms with Gasteiger partial charge in [0.05, 0.1) is 31.4 Å². The molecule has 27 nitrogen and oxygen atoms in total. The number of nitrogens with zero attached hydrogens (tertiary/aromatic N) is 4. The number of aliphatic hydroxyl groups is 3. The number of aliphatic hydroxyl groups excluding tert-OH is 3. The molecule has 1 aliphatic rings. The predicted octanol–water partition coefficient (Wildman–Crippen LogP) is 1.31. The second kappa shape index (κ2) is 24.9. The number of hydrogen-bond donors (Lipinski definition) is 11. The quantitative estimate of drug-likeness (QED) is 0.0237. The summed E-state index contributed by atoms with van der Waals surface area (Å²) >= 11 is 1.07. The Balaban J connectivity index is 1.35. The molecule has 0 radical (unpaired) electrons. The van der Waals surface area contributed by atoms with E-state index in [-0.39, 0.29) is 47.4 Å². The summed E-state index contributed by atoms with van der Waals surface area (Å²) in [7, 11) is -16.5. The van der Waals surface area contributed by atoms with E-state index in [0.29, 0.717) is 31.4 Å². The average Bonchev–Trinajstić information content (AvgIpc) is 3.75. The van der Waals surface area contributed by atoms with Gasteiger partial charge in [-0.3, -0.25) is 32.5 Å². The lowest BCUT2D eigenvalue weighted by Gasteiger charge is -2.30. The zero-order valence-corrected chi connectivity index (χ0v) is 38.1. The zero-order chi connectivity index (χ0) is 47.9. The summed E-state index contributed by atoms with van der Waals surface area (Å²) in [5.74, 6) is -2.55. The second-order valence-corrected chi connectivity index (χ2v) is 20.3. The van der Waals surface area contributed by atoms with E-state index < -0.39 is 90.5 Å². The summed E-state index contributed by atoms with van der Waals surface area (Å²) in [5.41, 5.74) is 4.23. The largest absolute Gasteiger partial charge is 0.512 e. The number of nitrogen functional groups attached to an aromatic ring is 1. The number of imidazole rings is 1. The van der Waals surface area contributed by atoms with E-state index >= 15 is 0 Å². The number of fused-ring (bicyclic) bond motifs is 1. The average molecular weight is 994 g/mol. The smallest absolute Gasteiger partial charge is 0.481 e. The highest BCUT2D eigenvalue weighted by Gasteiger charge is 2.50. The molecule has 0 aliphatic carbocycles. The Morgan fingerprint density at radius 3 is 2.23 bits per heavy atom. The maximum Gasteiger partial charge on any atom is 0.481 e. The van der Waals surface area contributed by atoms with Gasteiger partial charge in [-0.1, -0.05) is 51.3 Å². The summed E-state index contributed by atoms with van der Waals surface area (Å²) < 4.78 is 62.2. The number of carbonyl (C=O) groups is 4. The molecule has 2 aromatic rings. The Morgan fingerprint density at radius 2 is 1.58 bits per heavy atom. The molecular formula is C33H54N7O20P3S. The summed E-state index contributed by atoms with van der Waals surface area (Å²) in [6.45, 7) is 0.384. The first kappa shape index (κ1) is 54.9. The molecule has 3 heterocycles. The summed E-state index contributed by atoms with van der Waals surface area (Å²) in [5, 5.41) is 44.4. The first-order valence-electron chi connectivity index (χ1n) is 19.5. The van der Waals surface area contributed by atoms with Gasteiger partial charge in [-0.05, 0) is 12.8 Å². The summed E-state index contributed by atoms with van der Waals surface area (Å²) in [6, 6.07) is 0. The number of nitrogens with two attached hydrogens (primary N) is 1. The first-order valence-corrected chi connectivity index (χ1v) is 25.0. The van der Waals surface area contributed by atoms with Crippen molar-refractivity contribution in [2.24, 2.45) is 5.41 Å². The SMILES string of the molecule is CC(C)(COP(=O)(O)OP(=O)(O)OCC1OC(n2cnc3c(N)ncnc32)C(O)C1OP(=O)(O)O)C(O)C(=O)NCCC(=O)NCCSC(=O)CCCCCCCC/C(O)=C/C(=O)O. The number of carbonyl (C=O) groups excluding carboxylic acids is 3. The molecule has 0 bridgehead atoms. The van der Waals surface area contributed by atoms with Gasteiger partial charge in [-0.25, -0.2) is 33.4 Å². The van der Waals surface area contributed by atoms with Crippen LogP contribution in [-0.4, -0.2) is 139 Å². The number of hydrogen-bond acceptors (Lipinski definition) is 20. The van der Waals surface area contributed by atoms with Crippen molar-refractivity contribution >= 4 is 75.1 Å². The molecule has 0 spiro atoms. The third-order valence-electron chi connectivity index (χ3n) is 9.12. The molecule has 0 aromatic carbocycles. The van der Waals surface area contributed by atoms with Gasteiger partial charge in [0.1, 0.15) is 36.3 Å². The van der Waals surface area contributed by atoms with E-state index in [4.69, 9.17) is 24.6 Å². The van der Waals surface area contributed by atoms with Crippen molar-refractivity contribution in [2.45, 2.75) is 102 Å². The number of phosphoric acid groups is 3. The Kier molecular flexibility index (Phi) is 21.4. The Labute approximate surface area is 369 Å². The number of aromatic nitrogens is 4. The maximum absolute atomic E-state index is 12.7. The molecular weight excluding hydrogens is 939 g/mol. The normalized spacial score (nSPS) is 20.7. The van der Waals surface area contributed by atoms with Gasteiger partial charge >= 0.3 is 29.4 Å². The lowest BCUT2D eigenvalue weighted by atomic mass is 9.87. The number of amides is 2. The van der Waals surface area contributed by atoms with Crippen LogP contribution in [-0.2, 0) is 55.5 Å². The van der Waals surface area contributed by atoms with Crippen LogP contribution >= 0.6 is 35.2 Å². The van der Waals surface area contributed by atoms with Crippen LogP contribution in [0.15, 0.2) is 24.5 Å². The van der Waals surface area contributed by atoms with Crippen LogP contribution < -0.4 is 16.4 Å². The van der Waals surface area contributed by atoms with Gasteiger partial charge in [0.2, 0.25) is 11.8 Å². The number of rotatable bonds is 29. The van der Waals surface area contributed by atoms with E-state index in [9.17, 15) is 67.8 Å². The number of nitrogens with one attached hydrogen (secondary N) is 2. The molecule has 3 rings (SSSR count). The van der Waals surface area contributed by atoms with Gasteiger partial charge < -0.3 is 61.1 Å². The fraction of sp³-hybridized carbons (Fsp3) is 0.667. The van der Waals surface area contributed by atoms with Crippen molar-refractivity contribution in [1.82, 2.24) is 30.2 Å². The molecule has 7 unspecified atom stereocenters. The Hall–Kier alpha value is -3.43. The number of phosphoric ester groups is 3. The molecule has 0 saturated carbocycles. The highest BCUT2D eigenvalue weighted by Crippen LogP contribution is 2.61. The third kappa shape index (κ3) is 18.8. The minimum Gasteiger partial charge on any atom is -0.512 e. The second-order valence-electron chi connectivity index (χ2n) is 14.9. The van der Waals surface area contributed by atoms with E-state index in [0.717, 1.165) is 60.7 Å². The highest BCUT2D eigenvalue weighted by molar-refractivity contribution is 8.13. The highest BCUT2D eigenvalue weighted by atomic mass is 32.2.